The summed E-state index contributed by atoms with van der Waals surface area (Å²) in [5, 5.41) is 9.42. The lowest BCUT2D eigenvalue weighted by Crippen LogP contribution is -2.35. The Morgan fingerprint density at radius 2 is 1.78 bits per heavy atom. The summed E-state index contributed by atoms with van der Waals surface area (Å²) in [7, 11) is -4.01. The van der Waals surface area contributed by atoms with Crippen LogP contribution < -0.4 is 9.62 Å². The van der Waals surface area contributed by atoms with E-state index in [1.165, 1.54) is 18.2 Å². The molecule has 1 aliphatic heterocycles. The summed E-state index contributed by atoms with van der Waals surface area (Å²) in [5.41, 5.74) is 2.65. The molecule has 0 amide bonds. The minimum absolute atomic E-state index is 0.168. The maximum absolute atomic E-state index is 13.6. The Morgan fingerprint density at radius 1 is 1.03 bits per heavy atom. The third-order valence-electron chi connectivity index (χ3n) is 5.77. The number of hydrogen-bond donors (Lipinski definition) is 2. The number of carboxylic acids is 1. The van der Waals surface area contributed by atoms with Crippen LogP contribution in [-0.4, -0.2) is 26.0 Å². The van der Waals surface area contributed by atoms with Gasteiger partial charge in [0.05, 0.1) is 21.8 Å². The summed E-state index contributed by atoms with van der Waals surface area (Å²) in [5.74, 6) is -1.63. The van der Waals surface area contributed by atoms with Gasteiger partial charge < -0.3 is 10.0 Å². The van der Waals surface area contributed by atoms with Crippen molar-refractivity contribution in [3.63, 3.8) is 0 Å². The van der Waals surface area contributed by atoms with Crippen LogP contribution in [0.3, 0.4) is 0 Å². The highest BCUT2D eigenvalue weighted by Gasteiger charge is 2.33. The minimum atomic E-state index is -4.01. The molecule has 3 aromatic rings. The second-order valence-corrected chi connectivity index (χ2v) is 10.1. The van der Waals surface area contributed by atoms with E-state index in [2.05, 4.69) is 18.6 Å². The normalized spacial score (nSPS) is 15.2. The standard InChI is InChI=1S/C24H23FN2O4S/c1-24(2)12-13-27(21-11-10-16(23(28)29)14-19(21)24)22-9-4-3-8-20(22)26-32(30,31)18-7-5-6-17(25)15-18/h3-11,14-15,26H,12-13H2,1-2H3,(H,28,29). The molecule has 0 fully saturated rings. The van der Waals surface area contributed by atoms with Crippen molar-refractivity contribution in [2.24, 2.45) is 0 Å². The van der Waals surface area contributed by atoms with Gasteiger partial charge in [-0.1, -0.05) is 32.0 Å². The average Bonchev–Trinajstić information content (AvgIpc) is 2.74. The number of rotatable bonds is 5. The molecule has 2 N–H and O–H groups in total. The smallest absolute Gasteiger partial charge is 0.335 e. The zero-order valence-electron chi connectivity index (χ0n) is 17.7. The number of nitrogens with one attached hydrogen (secondary N) is 1. The van der Waals surface area contributed by atoms with Crippen molar-refractivity contribution in [1.29, 1.82) is 0 Å². The van der Waals surface area contributed by atoms with Crippen molar-refractivity contribution in [2.75, 3.05) is 16.2 Å². The van der Waals surface area contributed by atoms with E-state index in [9.17, 15) is 22.7 Å². The molecule has 0 aromatic heterocycles. The van der Waals surface area contributed by atoms with Crippen LogP contribution in [0.1, 0.15) is 36.2 Å². The number of benzene rings is 3. The second kappa shape index (κ2) is 7.94. The van der Waals surface area contributed by atoms with Crippen LogP contribution >= 0.6 is 0 Å². The second-order valence-electron chi connectivity index (χ2n) is 8.40. The Morgan fingerprint density at radius 3 is 2.50 bits per heavy atom. The number of sulfonamides is 1. The molecule has 166 valence electrons. The van der Waals surface area contributed by atoms with E-state index < -0.39 is 21.8 Å². The molecule has 0 unspecified atom stereocenters. The molecule has 0 saturated heterocycles. The number of hydrogen-bond acceptors (Lipinski definition) is 4. The first kappa shape index (κ1) is 21.8. The highest BCUT2D eigenvalue weighted by molar-refractivity contribution is 7.92. The van der Waals surface area contributed by atoms with Crippen LogP contribution in [-0.2, 0) is 15.4 Å². The van der Waals surface area contributed by atoms with Crippen LogP contribution in [0, 0.1) is 5.82 Å². The molecule has 1 heterocycles. The number of fused-ring (bicyclic) bond motifs is 1. The summed E-state index contributed by atoms with van der Waals surface area (Å²) >= 11 is 0. The predicted octanol–water partition coefficient (Wildman–Crippen LogP) is 5.14. The first-order chi connectivity index (χ1) is 15.1. The van der Waals surface area contributed by atoms with Crippen molar-refractivity contribution in [1.82, 2.24) is 0 Å². The average molecular weight is 455 g/mol. The van der Waals surface area contributed by atoms with E-state index >= 15 is 0 Å². The monoisotopic (exact) mass is 454 g/mol. The number of para-hydroxylation sites is 2. The molecule has 0 radical (unpaired) electrons. The Labute approximate surface area is 186 Å². The number of nitrogens with zero attached hydrogens (tertiary/aromatic N) is 1. The Kier molecular flexibility index (Phi) is 5.42. The first-order valence-electron chi connectivity index (χ1n) is 10.1. The molecule has 32 heavy (non-hydrogen) atoms. The van der Waals surface area contributed by atoms with Crippen molar-refractivity contribution in [3.8, 4) is 0 Å². The predicted molar refractivity (Wildman–Crippen MR) is 122 cm³/mol. The molecule has 6 nitrogen and oxygen atoms in total. The van der Waals surface area contributed by atoms with E-state index in [-0.39, 0.29) is 15.9 Å². The van der Waals surface area contributed by atoms with E-state index in [4.69, 9.17) is 0 Å². The van der Waals surface area contributed by atoms with Crippen LogP contribution in [0.2, 0.25) is 0 Å². The van der Waals surface area contributed by atoms with Gasteiger partial charge in [0.2, 0.25) is 0 Å². The van der Waals surface area contributed by atoms with Gasteiger partial charge in [0.15, 0.2) is 0 Å². The summed E-state index contributed by atoms with van der Waals surface area (Å²) in [6.07, 6.45) is 0.744. The lowest BCUT2D eigenvalue weighted by atomic mass is 9.77. The number of anilines is 3. The highest BCUT2D eigenvalue weighted by Crippen LogP contribution is 2.45. The van der Waals surface area contributed by atoms with Gasteiger partial charge in [-0.15, -0.1) is 0 Å². The molecule has 0 bridgehead atoms. The summed E-state index contributed by atoms with van der Waals surface area (Å²) in [6, 6.07) is 16.8. The number of carbonyl (C=O) groups is 1. The van der Waals surface area contributed by atoms with Crippen LogP contribution in [0.25, 0.3) is 0 Å². The highest BCUT2D eigenvalue weighted by atomic mass is 32.2. The van der Waals surface area contributed by atoms with Gasteiger partial charge in [0.25, 0.3) is 10.0 Å². The van der Waals surface area contributed by atoms with Crippen LogP contribution in [0.4, 0.5) is 21.5 Å². The van der Waals surface area contributed by atoms with Gasteiger partial charge in [-0.05, 0) is 65.9 Å². The van der Waals surface area contributed by atoms with Gasteiger partial charge in [-0.3, -0.25) is 4.72 Å². The largest absolute Gasteiger partial charge is 0.478 e. The third kappa shape index (κ3) is 4.05. The number of halogens is 1. The fourth-order valence-corrected chi connectivity index (χ4v) is 5.08. The third-order valence-corrected chi connectivity index (χ3v) is 7.13. The Hall–Kier alpha value is -3.39. The van der Waals surface area contributed by atoms with Crippen LogP contribution in [0.15, 0.2) is 71.6 Å². The van der Waals surface area contributed by atoms with E-state index in [0.717, 1.165) is 23.7 Å². The number of aromatic carboxylic acids is 1. The lowest BCUT2D eigenvalue weighted by Gasteiger charge is -2.41. The summed E-state index contributed by atoms with van der Waals surface area (Å²) < 4.78 is 42.0. The van der Waals surface area contributed by atoms with E-state index in [1.807, 2.05) is 4.90 Å². The molecule has 8 heteroatoms. The van der Waals surface area contributed by atoms with Crippen LogP contribution in [0.5, 0.6) is 0 Å². The summed E-state index contributed by atoms with van der Waals surface area (Å²) in [4.78, 5) is 13.3. The molecule has 0 saturated carbocycles. The van der Waals surface area contributed by atoms with Crippen molar-refractivity contribution in [2.45, 2.75) is 30.6 Å². The van der Waals surface area contributed by atoms with Gasteiger partial charge in [0, 0.05) is 12.2 Å². The quantitative estimate of drug-likeness (QED) is 0.557. The Balaban J connectivity index is 1.78. The van der Waals surface area contributed by atoms with Crippen molar-refractivity contribution < 1.29 is 22.7 Å². The van der Waals surface area contributed by atoms with Gasteiger partial charge in [-0.25, -0.2) is 17.6 Å². The van der Waals surface area contributed by atoms with Gasteiger partial charge in [-0.2, -0.15) is 0 Å². The zero-order chi connectivity index (χ0) is 23.1. The van der Waals surface area contributed by atoms with Crippen molar-refractivity contribution in [3.05, 3.63) is 83.7 Å². The SMILES string of the molecule is CC1(C)CCN(c2ccccc2NS(=O)(=O)c2cccc(F)c2)c2ccc(C(=O)O)cc21. The van der Waals surface area contributed by atoms with Crippen molar-refractivity contribution >= 4 is 33.1 Å². The first-order valence-corrected chi connectivity index (χ1v) is 11.6. The van der Waals surface area contributed by atoms with E-state index in [1.54, 1.807) is 42.5 Å². The lowest BCUT2D eigenvalue weighted by molar-refractivity contribution is 0.0696. The number of carboxylic acid groups (broad SMARTS) is 1. The summed E-state index contributed by atoms with van der Waals surface area (Å²) in [6.45, 7) is 4.74. The fraction of sp³-hybridized carbons (Fsp3) is 0.208. The van der Waals surface area contributed by atoms with E-state index in [0.29, 0.717) is 17.9 Å². The maximum atomic E-state index is 13.6. The van der Waals surface area contributed by atoms with Gasteiger partial charge >= 0.3 is 5.97 Å². The molecule has 3 aromatic carbocycles. The molecule has 0 aliphatic carbocycles. The Bertz CT molecular complexity index is 1300. The molecule has 0 spiro atoms. The van der Waals surface area contributed by atoms with Gasteiger partial charge in [0.1, 0.15) is 5.82 Å². The molecular formula is C24H23FN2O4S. The topological polar surface area (TPSA) is 86.7 Å². The molecule has 1 aliphatic rings. The minimum Gasteiger partial charge on any atom is -0.478 e. The maximum Gasteiger partial charge on any atom is 0.335 e. The zero-order valence-corrected chi connectivity index (χ0v) is 18.5. The molecule has 4 rings (SSSR count). The fourth-order valence-electron chi connectivity index (χ4n) is 3.98. The molecular weight excluding hydrogens is 431 g/mol. The molecule has 0 atom stereocenters.